The SMILES string of the molecule is Nc1nc(Cl)nc2c1ncn2[C@@H]1C[C@H](N2C=CC=CC2)[C@@H](O)[C@H]1O. The van der Waals surface area contributed by atoms with Crippen molar-refractivity contribution in [2.75, 3.05) is 12.3 Å². The van der Waals surface area contributed by atoms with Gasteiger partial charge in [-0.05, 0) is 30.3 Å². The van der Waals surface area contributed by atoms with Crippen LogP contribution >= 0.6 is 11.6 Å². The fourth-order valence-corrected chi connectivity index (χ4v) is 3.64. The molecule has 8 nitrogen and oxygen atoms in total. The summed E-state index contributed by atoms with van der Waals surface area (Å²) in [6.45, 7) is 0.698. The van der Waals surface area contributed by atoms with Gasteiger partial charge < -0.3 is 25.4 Å². The van der Waals surface area contributed by atoms with Crippen LogP contribution in [0.4, 0.5) is 5.82 Å². The Morgan fingerprint density at radius 1 is 1.17 bits per heavy atom. The van der Waals surface area contributed by atoms with Gasteiger partial charge in [-0.3, -0.25) is 0 Å². The predicted octanol–water partition coefficient (Wildman–Crippen LogP) is 0.483. The molecule has 1 aliphatic carbocycles. The molecule has 1 aliphatic heterocycles. The summed E-state index contributed by atoms with van der Waals surface area (Å²) in [6.07, 6.45) is 8.08. The zero-order valence-corrected chi connectivity index (χ0v) is 13.5. The van der Waals surface area contributed by atoms with Crippen LogP contribution in [0.1, 0.15) is 12.5 Å². The molecule has 2 aliphatic rings. The van der Waals surface area contributed by atoms with E-state index in [1.807, 2.05) is 29.3 Å². The predicted molar refractivity (Wildman–Crippen MR) is 89.2 cm³/mol. The first kappa shape index (κ1) is 15.4. The third-order valence-electron chi connectivity index (χ3n) is 4.67. The Morgan fingerprint density at radius 3 is 2.71 bits per heavy atom. The molecule has 0 bridgehead atoms. The van der Waals surface area contributed by atoms with Gasteiger partial charge in [0.2, 0.25) is 5.28 Å². The lowest BCUT2D eigenvalue weighted by Gasteiger charge is -2.30. The second-order valence-electron chi connectivity index (χ2n) is 6.02. The largest absolute Gasteiger partial charge is 0.388 e. The normalized spacial score (nSPS) is 29.7. The molecule has 126 valence electrons. The van der Waals surface area contributed by atoms with E-state index in [9.17, 15) is 10.2 Å². The number of aromatic nitrogens is 4. The molecule has 0 aromatic carbocycles. The topological polar surface area (TPSA) is 113 Å². The van der Waals surface area contributed by atoms with E-state index in [1.54, 1.807) is 10.9 Å². The molecule has 4 atom stereocenters. The van der Waals surface area contributed by atoms with Crippen LogP contribution in [0.25, 0.3) is 11.2 Å². The highest BCUT2D eigenvalue weighted by atomic mass is 35.5. The van der Waals surface area contributed by atoms with E-state index < -0.39 is 12.2 Å². The third-order valence-corrected chi connectivity index (χ3v) is 4.84. The van der Waals surface area contributed by atoms with Gasteiger partial charge in [-0.15, -0.1) is 0 Å². The summed E-state index contributed by atoms with van der Waals surface area (Å²) < 4.78 is 1.72. The quantitative estimate of drug-likeness (QED) is 0.676. The molecule has 0 saturated heterocycles. The molecule has 3 heterocycles. The van der Waals surface area contributed by atoms with Gasteiger partial charge in [0.1, 0.15) is 17.7 Å². The van der Waals surface area contributed by atoms with Crippen LogP contribution < -0.4 is 5.73 Å². The van der Waals surface area contributed by atoms with Crippen molar-refractivity contribution in [3.63, 3.8) is 0 Å². The number of nitrogens with zero attached hydrogens (tertiary/aromatic N) is 5. The van der Waals surface area contributed by atoms with E-state index in [1.165, 1.54) is 0 Å². The number of hydrogen-bond acceptors (Lipinski definition) is 7. The van der Waals surface area contributed by atoms with Gasteiger partial charge in [0.05, 0.1) is 18.4 Å². The zero-order valence-electron chi connectivity index (χ0n) is 12.7. The van der Waals surface area contributed by atoms with Crippen molar-refractivity contribution in [2.45, 2.75) is 30.7 Å². The van der Waals surface area contributed by atoms with E-state index in [0.717, 1.165) is 0 Å². The number of nitrogens with two attached hydrogens (primary N) is 1. The maximum Gasteiger partial charge on any atom is 0.226 e. The molecule has 4 rings (SSSR count). The van der Waals surface area contributed by atoms with E-state index >= 15 is 0 Å². The Kier molecular flexibility index (Phi) is 3.67. The minimum atomic E-state index is -0.943. The molecule has 1 fully saturated rings. The van der Waals surface area contributed by atoms with Crippen LogP contribution in [-0.4, -0.2) is 59.4 Å². The lowest BCUT2D eigenvalue weighted by Crippen LogP contribution is -2.41. The number of allylic oxidation sites excluding steroid dienone is 2. The van der Waals surface area contributed by atoms with Crippen LogP contribution in [0.15, 0.2) is 30.8 Å². The van der Waals surface area contributed by atoms with Crippen molar-refractivity contribution in [3.8, 4) is 0 Å². The molecule has 24 heavy (non-hydrogen) atoms. The maximum absolute atomic E-state index is 10.6. The average molecular weight is 349 g/mol. The number of aliphatic hydroxyl groups is 2. The van der Waals surface area contributed by atoms with Crippen molar-refractivity contribution in [1.29, 1.82) is 0 Å². The number of halogens is 1. The Morgan fingerprint density at radius 2 is 1.96 bits per heavy atom. The Labute approximate surface area is 142 Å². The fraction of sp³-hybridized carbons (Fsp3) is 0.400. The molecule has 0 spiro atoms. The van der Waals surface area contributed by atoms with E-state index in [2.05, 4.69) is 15.0 Å². The Balaban J connectivity index is 1.70. The average Bonchev–Trinajstić information content (AvgIpc) is 3.11. The third kappa shape index (κ3) is 2.34. The molecule has 0 amide bonds. The van der Waals surface area contributed by atoms with Crippen molar-refractivity contribution >= 4 is 28.6 Å². The Bertz CT molecular complexity index is 835. The Hall–Kier alpha value is -2.16. The van der Waals surface area contributed by atoms with Crippen LogP contribution in [0.2, 0.25) is 5.28 Å². The van der Waals surface area contributed by atoms with Crippen molar-refractivity contribution in [2.24, 2.45) is 0 Å². The molecule has 0 unspecified atom stereocenters. The summed E-state index contributed by atoms with van der Waals surface area (Å²) in [5.41, 5.74) is 6.72. The smallest absolute Gasteiger partial charge is 0.226 e. The molecular weight excluding hydrogens is 332 g/mol. The summed E-state index contributed by atoms with van der Waals surface area (Å²) in [6, 6.07) is -0.571. The number of fused-ring (bicyclic) bond motifs is 1. The van der Waals surface area contributed by atoms with Crippen LogP contribution in [0.3, 0.4) is 0 Å². The molecule has 4 N–H and O–H groups in total. The number of aliphatic hydroxyl groups excluding tert-OH is 2. The molecular formula is C15H17ClN6O2. The van der Waals surface area contributed by atoms with Gasteiger partial charge in [0.15, 0.2) is 11.5 Å². The van der Waals surface area contributed by atoms with Gasteiger partial charge in [0.25, 0.3) is 0 Å². The van der Waals surface area contributed by atoms with Gasteiger partial charge in [-0.1, -0.05) is 12.2 Å². The van der Waals surface area contributed by atoms with Gasteiger partial charge in [-0.25, -0.2) is 4.98 Å². The maximum atomic E-state index is 10.6. The van der Waals surface area contributed by atoms with Crippen LogP contribution in [0.5, 0.6) is 0 Å². The minimum absolute atomic E-state index is 0.0236. The summed E-state index contributed by atoms with van der Waals surface area (Å²) in [5.74, 6) is 0.192. The lowest BCUT2D eigenvalue weighted by molar-refractivity contribution is 0.000149. The molecule has 2 aromatic rings. The highest BCUT2D eigenvalue weighted by Gasteiger charge is 2.45. The molecule has 2 aromatic heterocycles. The van der Waals surface area contributed by atoms with Gasteiger partial charge >= 0.3 is 0 Å². The van der Waals surface area contributed by atoms with Crippen LogP contribution in [-0.2, 0) is 0 Å². The summed E-state index contributed by atoms with van der Waals surface area (Å²) in [5, 5.41) is 21.1. The summed E-state index contributed by atoms with van der Waals surface area (Å²) in [4.78, 5) is 14.3. The highest BCUT2D eigenvalue weighted by molar-refractivity contribution is 6.28. The van der Waals surface area contributed by atoms with Crippen LogP contribution in [0, 0.1) is 0 Å². The fourth-order valence-electron chi connectivity index (χ4n) is 3.47. The standard InChI is InChI=1S/C15H17ClN6O2/c16-15-19-13(17)10-14(20-15)22(7-18-10)9-6-8(11(23)12(9)24)21-4-2-1-3-5-21/h1-4,7-9,11-12,23-24H,5-6H2,(H2,17,19,20)/t8-,9+,11+,12-/m0/s1. The van der Waals surface area contributed by atoms with E-state index in [4.69, 9.17) is 17.3 Å². The summed E-state index contributed by atoms with van der Waals surface area (Å²) >= 11 is 5.89. The molecule has 0 radical (unpaired) electrons. The minimum Gasteiger partial charge on any atom is -0.388 e. The number of anilines is 1. The van der Waals surface area contributed by atoms with Crippen molar-refractivity contribution in [3.05, 3.63) is 36.0 Å². The van der Waals surface area contributed by atoms with Crippen molar-refractivity contribution < 1.29 is 10.2 Å². The lowest BCUT2D eigenvalue weighted by atomic mass is 10.1. The first-order valence-corrected chi connectivity index (χ1v) is 8.05. The number of rotatable bonds is 2. The van der Waals surface area contributed by atoms with Gasteiger partial charge in [0, 0.05) is 6.54 Å². The monoisotopic (exact) mass is 348 g/mol. The molecule has 9 heteroatoms. The molecule has 1 saturated carbocycles. The highest BCUT2D eigenvalue weighted by Crippen LogP contribution is 2.36. The number of imidazole rings is 1. The number of nitrogen functional groups attached to an aromatic ring is 1. The summed E-state index contributed by atoms with van der Waals surface area (Å²) in [7, 11) is 0. The second-order valence-corrected chi connectivity index (χ2v) is 6.36. The second kappa shape index (κ2) is 5.73. The van der Waals surface area contributed by atoms with Gasteiger partial charge in [-0.2, -0.15) is 9.97 Å². The number of hydrogen-bond donors (Lipinski definition) is 3. The zero-order chi connectivity index (χ0) is 16.8. The van der Waals surface area contributed by atoms with Crippen molar-refractivity contribution in [1.82, 2.24) is 24.4 Å². The first-order valence-electron chi connectivity index (χ1n) is 7.67. The van der Waals surface area contributed by atoms with E-state index in [0.29, 0.717) is 24.1 Å². The first-order chi connectivity index (χ1) is 11.6. The van der Waals surface area contributed by atoms with E-state index in [-0.39, 0.29) is 23.2 Å².